The molecule has 0 unspecified atom stereocenters. The molecule has 4 heteroatoms. The van der Waals surface area contributed by atoms with Crippen molar-refractivity contribution in [2.45, 2.75) is 32.0 Å². The molecule has 1 aliphatic rings. The van der Waals surface area contributed by atoms with Crippen molar-refractivity contribution >= 4 is 11.6 Å². The Kier molecular flexibility index (Phi) is 4.44. The van der Waals surface area contributed by atoms with Gasteiger partial charge in [0.1, 0.15) is 11.5 Å². The maximum absolute atomic E-state index is 9.19. The topological polar surface area (TPSA) is 41.5 Å². The van der Waals surface area contributed by atoms with Crippen molar-refractivity contribution in [3.63, 3.8) is 0 Å². The second-order valence-electron chi connectivity index (χ2n) is 5.31. The van der Waals surface area contributed by atoms with E-state index in [9.17, 15) is 5.11 Å². The number of hydrogen-bond donors (Lipinski definition) is 2. The zero-order chi connectivity index (χ0) is 14.7. The van der Waals surface area contributed by atoms with Crippen LogP contribution in [0.5, 0.6) is 11.5 Å². The monoisotopic (exact) mass is 303 g/mol. The van der Waals surface area contributed by atoms with E-state index in [1.807, 2.05) is 42.5 Å². The van der Waals surface area contributed by atoms with Gasteiger partial charge in [0.25, 0.3) is 0 Å². The van der Waals surface area contributed by atoms with Crippen LogP contribution in [0.25, 0.3) is 0 Å². The van der Waals surface area contributed by atoms with E-state index in [1.165, 1.54) is 12.8 Å². The molecule has 2 N–H and O–H groups in total. The number of nitrogens with one attached hydrogen (secondary N) is 1. The van der Waals surface area contributed by atoms with E-state index in [4.69, 9.17) is 16.3 Å². The number of aliphatic hydroxyl groups is 1. The van der Waals surface area contributed by atoms with Gasteiger partial charge in [-0.2, -0.15) is 0 Å². The zero-order valence-electron chi connectivity index (χ0n) is 11.7. The molecule has 3 nitrogen and oxygen atoms in total. The van der Waals surface area contributed by atoms with Gasteiger partial charge in [-0.3, -0.25) is 0 Å². The van der Waals surface area contributed by atoms with E-state index < -0.39 is 0 Å². The Bertz CT molecular complexity index is 626. The molecule has 0 bridgehead atoms. The zero-order valence-corrected chi connectivity index (χ0v) is 12.4. The van der Waals surface area contributed by atoms with Crippen molar-refractivity contribution in [3.05, 3.63) is 58.6 Å². The molecular formula is C17H18ClNO2. The molecule has 0 saturated heterocycles. The maximum Gasteiger partial charge on any atom is 0.132 e. The molecule has 21 heavy (non-hydrogen) atoms. The molecule has 1 aliphatic carbocycles. The number of hydrogen-bond acceptors (Lipinski definition) is 3. The highest BCUT2D eigenvalue weighted by Crippen LogP contribution is 2.29. The Morgan fingerprint density at radius 2 is 2.05 bits per heavy atom. The van der Waals surface area contributed by atoms with E-state index in [0.717, 1.165) is 29.2 Å². The second kappa shape index (κ2) is 6.48. The van der Waals surface area contributed by atoms with Gasteiger partial charge in [0.05, 0.1) is 6.61 Å². The van der Waals surface area contributed by atoms with Gasteiger partial charge >= 0.3 is 0 Å². The molecule has 2 aromatic carbocycles. The first-order valence-electron chi connectivity index (χ1n) is 7.14. The van der Waals surface area contributed by atoms with Gasteiger partial charge in [-0.1, -0.05) is 23.7 Å². The van der Waals surface area contributed by atoms with Gasteiger partial charge < -0.3 is 15.2 Å². The lowest BCUT2D eigenvalue weighted by atomic mass is 10.2. The highest BCUT2D eigenvalue weighted by molar-refractivity contribution is 6.30. The van der Waals surface area contributed by atoms with Crippen LogP contribution in [0.15, 0.2) is 42.5 Å². The van der Waals surface area contributed by atoms with Crippen LogP contribution >= 0.6 is 11.6 Å². The molecule has 3 rings (SSSR count). The molecule has 1 fully saturated rings. The van der Waals surface area contributed by atoms with E-state index in [1.54, 1.807) is 0 Å². The van der Waals surface area contributed by atoms with Gasteiger partial charge in [-0.05, 0) is 48.7 Å². The van der Waals surface area contributed by atoms with E-state index in [0.29, 0.717) is 11.1 Å². The van der Waals surface area contributed by atoms with Crippen molar-refractivity contribution < 1.29 is 9.84 Å². The quantitative estimate of drug-likeness (QED) is 0.851. The summed E-state index contributed by atoms with van der Waals surface area (Å²) in [6, 6.07) is 13.7. The highest BCUT2D eigenvalue weighted by Gasteiger charge is 2.20. The molecule has 0 heterocycles. The third-order valence-electron chi connectivity index (χ3n) is 3.49. The van der Waals surface area contributed by atoms with Crippen LogP contribution in [-0.2, 0) is 13.2 Å². The summed E-state index contributed by atoms with van der Waals surface area (Å²) in [6.45, 7) is 0.758. The number of aliphatic hydroxyl groups excluding tert-OH is 1. The first-order chi connectivity index (χ1) is 10.2. The average Bonchev–Trinajstić information content (AvgIpc) is 3.32. The lowest BCUT2D eigenvalue weighted by Gasteiger charge is -2.13. The molecular weight excluding hydrogens is 286 g/mol. The first kappa shape index (κ1) is 14.4. The maximum atomic E-state index is 9.19. The van der Waals surface area contributed by atoms with Crippen LogP contribution in [0.2, 0.25) is 5.02 Å². The Hall–Kier alpha value is -1.55. The number of halogens is 1. The second-order valence-corrected chi connectivity index (χ2v) is 5.75. The molecule has 110 valence electrons. The summed E-state index contributed by atoms with van der Waals surface area (Å²) in [5, 5.41) is 13.4. The summed E-state index contributed by atoms with van der Waals surface area (Å²) < 4.78 is 5.95. The third kappa shape index (κ3) is 3.97. The Morgan fingerprint density at radius 3 is 2.81 bits per heavy atom. The standard InChI is InChI=1S/C17H18ClNO2/c18-14-4-7-17(13(9-14)10-19-15-5-6-15)21-16-3-1-2-12(8-16)11-20/h1-4,7-9,15,19-20H,5-6,10-11H2. The minimum Gasteiger partial charge on any atom is -0.457 e. The van der Waals surface area contributed by atoms with Crippen LogP contribution in [0.1, 0.15) is 24.0 Å². The van der Waals surface area contributed by atoms with Crippen LogP contribution in [-0.4, -0.2) is 11.1 Å². The van der Waals surface area contributed by atoms with Gasteiger partial charge in [-0.25, -0.2) is 0 Å². The lowest BCUT2D eigenvalue weighted by molar-refractivity contribution is 0.281. The number of benzene rings is 2. The van der Waals surface area contributed by atoms with Crippen LogP contribution in [0.3, 0.4) is 0 Å². The van der Waals surface area contributed by atoms with Gasteiger partial charge in [0.15, 0.2) is 0 Å². The predicted molar refractivity (Wildman–Crippen MR) is 83.8 cm³/mol. The Balaban J connectivity index is 1.79. The van der Waals surface area contributed by atoms with Gasteiger partial charge in [0.2, 0.25) is 0 Å². The summed E-state index contributed by atoms with van der Waals surface area (Å²) in [5.74, 6) is 1.51. The van der Waals surface area contributed by atoms with Crippen molar-refractivity contribution in [3.8, 4) is 11.5 Å². The fourth-order valence-corrected chi connectivity index (χ4v) is 2.36. The van der Waals surface area contributed by atoms with Gasteiger partial charge in [-0.15, -0.1) is 0 Å². The molecule has 0 radical (unpaired) electrons. The molecule has 0 spiro atoms. The number of ether oxygens (including phenoxy) is 1. The van der Waals surface area contributed by atoms with Crippen molar-refractivity contribution in [2.24, 2.45) is 0 Å². The fourth-order valence-electron chi connectivity index (χ4n) is 2.16. The summed E-state index contributed by atoms with van der Waals surface area (Å²) in [6.07, 6.45) is 2.49. The van der Waals surface area contributed by atoms with Crippen LogP contribution in [0, 0.1) is 0 Å². The lowest BCUT2D eigenvalue weighted by Crippen LogP contribution is -2.15. The van der Waals surface area contributed by atoms with E-state index in [-0.39, 0.29) is 6.61 Å². The fraction of sp³-hybridized carbons (Fsp3) is 0.294. The predicted octanol–water partition coefficient (Wildman–Crippen LogP) is 3.88. The van der Waals surface area contributed by atoms with E-state index in [2.05, 4.69) is 5.32 Å². The van der Waals surface area contributed by atoms with Crippen molar-refractivity contribution in [1.82, 2.24) is 5.32 Å². The molecule has 0 atom stereocenters. The van der Waals surface area contributed by atoms with Crippen molar-refractivity contribution in [2.75, 3.05) is 0 Å². The van der Waals surface area contributed by atoms with Gasteiger partial charge in [0, 0.05) is 23.2 Å². The number of rotatable bonds is 6. The summed E-state index contributed by atoms with van der Waals surface area (Å²) in [5.41, 5.74) is 1.88. The minimum absolute atomic E-state index is 0.00785. The largest absolute Gasteiger partial charge is 0.457 e. The highest BCUT2D eigenvalue weighted by atomic mass is 35.5. The molecule has 0 aliphatic heterocycles. The average molecular weight is 304 g/mol. The summed E-state index contributed by atoms with van der Waals surface area (Å²) in [7, 11) is 0. The normalized spacial score (nSPS) is 14.2. The smallest absolute Gasteiger partial charge is 0.132 e. The Morgan fingerprint density at radius 1 is 1.19 bits per heavy atom. The van der Waals surface area contributed by atoms with Crippen LogP contribution < -0.4 is 10.1 Å². The SMILES string of the molecule is OCc1cccc(Oc2ccc(Cl)cc2CNC2CC2)c1. The molecule has 0 aromatic heterocycles. The summed E-state index contributed by atoms with van der Waals surface area (Å²) in [4.78, 5) is 0. The first-order valence-corrected chi connectivity index (χ1v) is 7.52. The molecule has 0 amide bonds. The van der Waals surface area contributed by atoms with E-state index >= 15 is 0 Å². The molecule has 2 aromatic rings. The minimum atomic E-state index is 0.00785. The van der Waals surface area contributed by atoms with Crippen molar-refractivity contribution in [1.29, 1.82) is 0 Å². The van der Waals surface area contributed by atoms with Crippen LogP contribution in [0.4, 0.5) is 0 Å². The third-order valence-corrected chi connectivity index (χ3v) is 3.72. The Labute approximate surface area is 129 Å². The molecule has 1 saturated carbocycles. The summed E-state index contributed by atoms with van der Waals surface area (Å²) >= 11 is 6.08.